The molecule has 0 bridgehead atoms. The van der Waals surface area contributed by atoms with Gasteiger partial charge in [0.1, 0.15) is 0 Å². The number of nitrogens with zero attached hydrogens (tertiary/aromatic N) is 2. The van der Waals surface area contributed by atoms with E-state index in [0.717, 1.165) is 10.4 Å². The molecular weight excluding hydrogens is 340 g/mol. The van der Waals surface area contributed by atoms with Crippen molar-refractivity contribution in [3.63, 3.8) is 0 Å². The van der Waals surface area contributed by atoms with Gasteiger partial charge in [0.15, 0.2) is 12.4 Å². The molecule has 3 rings (SSSR count). The summed E-state index contributed by atoms with van der Waals surface area (Å²) in [6.07, 6.45) is 0.116. The Labute approximate surface area is 148 Å². The predicted octanol–water partition coefficient (Wildman–Crippen LogP) is 3.81. The molecule has 25 heavy (non-hydrogen) atoms. The van der Waals surface area contributed by atoms with Crippen molar-refractivity contribution in [2.24, 2.45) is 0 Å². The van der Waals surface area contributed by atoms with Gasteiger partial charge in [0.2, 0.25) is 5.82 Å². The SMILES string of the molecule is Cc1ccc(C(=O)CCC(=O)OCc2nc(-c3cccs3)no2)cc1. The van der Waals surface area contributed by atoms with Crippen molar-refractivity contribution in [3.05, 3.63) is 58.8 Å². The summed E-state index contributed by atoms with van der Waals surface area (Å²) in [6, 6.07) is 11.0. The van der Waals surface area contributed by atoms with Crippen LogP contribution in [0.2, 0.25) is 0 Å². The smallest absolute Gasteiger partial charge is 0.306 e. The highest BCUT2D eigenvalue weighted by Crippen LogP contribution is 2.21. The lowest BCUT2D eigenvalue weighted by Gasteiger charge is -2.02. The largest absolute Gasteiger partial charge is 0.456 e. The van der Waals surface area contributed by atoms with Gasteiger partial charge in [-0.05, 0) is 18.4 Å². The minimum atomic E-state index is -0.476. The van der Waals surface area contributed by atoms with E-state index in [1.165, 1.54) is 11.3 Å². The monoisotopic (exact) mass is 356 g/mol. The van der Waals surface area contributed by atoms with Gasteiger partial charge in [-0.3, -0.25) is 9.59 Å². The van der Waals surface area contributed by atoms with Gasteiger partial charge in [0.25, 0.3) is 5.89 Å². The molecule has 0 saturated heterocycles. The minimum absolute atomic E-state index is 0.0125. The molecule has 0 unspecified atom stereocenters. The second-order valence-corrected chi connectivity index (χ2v) is 6.39. The average molecular weight is 356 g/mol. The minimum Gasteiger partial charge on any atom is -0.456 e. The molecule has 0 fully saturated rings. The van der Waals surface area contributed by atoms with Gasteiger partial charge in [-0.2, -0.15) is 4.98 Å². The lowest BCUT2D eigenvalue weighted by atomic mass is 10.1. The van der Waals surface area contributed by atoms with Crippen LogP contribution in [0.3, 0.4) is 0 Å². The maximum Gasteiger partial charge on any atom is 0.306 e. The lowest BCUT2D eigenvalue weighted by molar-refractivity contribution is -0.145. The van der Waals surface area contributed by atoms with Crippen molar-refractivity contribution in [3.8, 4) is 10.7 Å². The molecule has 0 aliphatic rings. The zero-order valence-corrected chi connectivity index (χ0v) is 14.4. The maximum atomic E-state index is 12.0. The third kappa shape index (κ3) is 4.60. The van der Waals surface area contributed by atoms with Crippen molar-refractivity contribution in [1.82, 2.24) is 10.1 Å². The number of thiophene rings is 1. The summed E-state index contributed by atoms with van der Waals surface area (Å²) in [7, 11) is 0. The highest BCUT2D eigenvalue weighted by molar-refractivity contribution is 7.13. The Kier molecular flexibility index (Phi) is 5.35. The molecule has 0 amide bonds. The molecular formula is C18H16N2O4S. The van der Waals surface area contributed by atoms with Crippen LogP contribution in [0.15, 0.2) is 46.3 Å². The molecule has 0 saturated carbocycles. The summed E-state index contributed by atoms with van der Waals surface area (Å²) in [5, 5.41) is 5.75. The van der Waals surface area contributed by atoms with Crippen LogP contribution in [-0.4, -0.2) is 21.9 Å². The molecule has 2 aromatic heterocycles. The van der Waals surface area contributed by atoms with E-state index in [1.54, 1.807) is 12.1 Å². The number of hydrogen-bond donors (Lipinski definition) is 0. The van der Waals surface area contributed by atoms with Crippen LogP contribution in [0.4, 0.5) is 0 Å². The van der Waals surface area contributed by atoms with E-state index < -0.39 is 5.97 Å². The number of carbonyl (C=O) groups excluding carboxylic acids is 2. The second-order valence-electron chi connectivity index (χ2n) is 5.44. The van der Waals surface area contributed by atoms with Gasteiger partial charge in [0.05, 0.1) is 11.3 Å². The molecule has 0 N–H and O–H groups in total. The number of aryl methyl sites for hydroxylation is 1. The summed E-state index contributed by atoms with van der Waals surface area (Å²) in [4.78, 5) is 28.8. The summed E-state index contributed by atoms with van der Waals surface area (Å²) < 4.78 is 10.1. The van der Waals surface area contributed by atoms with E-state index in [1.807, 2.05) is 36.6 Å². The quantitative estimate of drug-likeness (QED) is 0.473. The Morgan fingerprint density at radius 1 is 1.16 bits per heavy atom. The van der Waals surface area contributed by atoms with Gasteiger partial charge < -0.3 is 9.26 Å². The number of ketones is 1. The second kappa shape index (κ2) is 7.85. The van der Waals surface area contributed by atoms with Crippen LogP contribution < -0.4 is 0 Å². The van der Waals surface area contributed by atoms with E-state index >= 15 is 0 Å². The molecule has 1 aromatic carbocycles. The highest BCUT2D eigenvalue weighted by Gasteiger charge is 2.13. The first-order valence-electron chi connectivity index (χ1n) is 7.74. The number of ether oxygens (including phenoxy) is 1. The zero-order valence-electron chi connectivity index (χ0n) is 13.6. The number of hydrogen-bond acceptors (Lipinski definition) is 7. The van der Waals surface area contributed by atoms with Crippen LogP contribution in [0.5, 0.6) is 0 Å². The Morgan fingerprint density at radius 3 is 2.68 bits per heavy atom. The Hall–Kier alpha value is -2.80. The van der Waals surface area contributed by atoms with Gasteiger partial charge in [-0.25, -0.2) is 0 Å². The molecule has 0 atom stereocenters. The fraction of sp³-hybridized carbons (Fsp3) is 0.222. The normalized spacial score (nSPS) is 10.6. The molecule has 3 aromatic rings. The van der Waals surface area contributed by atoms with Crippen LogP contribution in [0.1, 0.15) is 34.7 Å². The summed E-state index contributed by atoms with van der Waals surface area (Å²) in [6.45, 7) is 1.85. The zero-order chi connectivity index (χ0) is 17.6. The topological polar surface area (TPSA) is 82.3 Å². The molecule has 128 valence electrons. The summed E-state index contributed by atoms with van der Waals surface area (Å²) in [5.74, 6) is 0.128. The van der Waals surface area contributed by atoms with E-state index in [2.05, 4.69) is 10.1 Å². The third-order valence-electron chi connectivity index (χ3n) is 3.50. The Morgan fingerprint density at radius 2 is 1.96 bits per heavy atom. The van der Waals surface area contributed by atoms with Gasteiger partial charge >= 0.3 is 5.97 Å². The molecule has 0 aliphatic carbocycles. The third-order valence-corrected chi connectivity index (χ3v) is 4.36. The number of benzene rings is 1. The number of Topliss-reactive ketones (excluding diaryl/α,β-unsaturated/α-hetero) is 1. The fourth-order valence-corrected chi connectivity index (χ4v) is 2.78. The number of rotatable bonds is 7. The molecule has 0 radical (unpaired) electrons. The van der Waals surface area contributed by atoms with Crippen molar-refractivity contribution in [1.29, 1.82) is 0 Å². The van der Waals surface area contributed by atoms with E-state index in [4.69, 9.17) is 9.26 Å². The van der Waals surface area contributed by atoms with E-state index in [-0.39, 0.29) is 31.1 Å². The summed E-state index contributed by atoms with van der Waals surface area (Å²) in [5.41, 5.74) is 1.67. The predicted molar refractivity (Wildman–Crippen MR) is 92.2 cm³/mol. The molecule has 0 spiro atoms. The Bertz CT molecular complexity index is 854. The van der Waals surface area contributed by atoms with Crippen LogP contribution in [-0.2, 0) is 16.1 Å². The first kappa shape index (κ1) is 17.0. The Balaban J connectivity index is 1.45. The van der Waals surface area contributed by atoms with Crippen LogP contribution in [0, 0.1) is 6.92 Å². The summed E-state index contributed by atoms with van der Waals surface area (Å²) >= 11 is 1.49. The van der Waals surface area contributed by atoms with Gasteiger partial charge in [0, 0.05) is 12.0 Å². The first-order chi connectivity index (χ1) is 12.1. The molecule has 6 nitrogen and oxygen atoms in total. The first-order valence-corrected chi connectivity index (χ1v) is 8.62. The van der Waals surface area contributed by atoms with Crippen LogP contribution in [0.25, 0.3) is 10.7 Å². The van der Waals surface area contributed by atoms with Gasteiger partial charge in [-0.1, -0.05) is 41.1 Å². The average Bonchev–Trinajstić information content (AvgIpc) is 3.29. The lowest BCUT2D eigenvalue weighted by Crippen LogP contribution is -2.08. The van der Waals surface area contributed by atoms with E-state index in [9.17, 15) is 9.59 Å². The van der Waals surface area contributed by atoms with Gasteiger partial charge in [-0.15, -0.1) is 11.3 Å². The van der Waals surface area contributed by atoms with E-state index in [0.29, 0.717) is 11.4 Å². The van der Waals surface area contributed by atoms with Crippen molar-refractivity contribution in [2.75, 3.05) is 0 Å². The number of carbonyl (C=O) groups is 2. The molecule has 0 aliphatic heterocycles. The number of aromatic nitrogens is 2. The maximum absolute atomic E-state index is 12.0. The van der Waals surface area contributed by atoms with Crippen LogP contribution >= 0.6 is 11.3 Å². The van der Waals surface area contributed by atoms with Crippen molar-refractivity contribution >= 4 is 23.1 Å². The molecule has 7 heteroatoms. The highest BCUT2D eigenvalue weighted by atomic mass is 32.1. The fourth-order valence-electron chi connectivity index (χ4n) is 2.13. The molecule has 2 heterocycles. The standard InChI is InChI=1S/C18H16N2O4S/c1-12-4-6-13(7-5-12)14(21)8-9-17(22)23-11-16-19-18(20-24-16)15-3-2-10-25-15/h2-7,10H,8-9,11H2,1H3. The number of esters is 1. The van der Waals surface area contributed by atoms with Crippen molar-refractivity contribution < 1.29 is 18.8 Å². The van der Waals surface area contributed by atoms with Crippen molar-refractivity contribution in [2.45, 2.75) is 26.4 Å².